The van der Waals surface area contributed by atoms with Crippen molar-refractivity contribution >= 4 is 62.5 Å². The van der Waals surface area contributed by atoms with Gasteiger partial charge in [-0.3, -0.25) is 28.8 Å². The lowest BCUT2D eigenvalue weighted by molar-refractivity contribution is -0.140. The summed E-state index contributed by atoms with van der Waals surface area (Å²) in [5.74, 6) is -3.27. The Morgan fingerprint density at radius 1 is 0.948 bits per heavy atom. The van der Waals surface area contributed by atoms with Crippen LogP contribution >= 0.6 is 22.9 Å². The van der Waals surface area contributed by atoms with E-state index in [0.717, 1.165) is 42.8 Å². The van der Waals surface area contributed by atoms with Gasteiger partial charge in [0.25, 0.3) is 0 Å². The van der Waals surface area contributed by atoms with E-state index in [9.17, 15) is 24.6 Å². The summed E-state index contributed by atoms with van der Waals surface area (Å²) in [6, 6.07) is 19.2. The van der Waals surface area contributed by atoms with Crippen LogP contribution in [0.5, 0.6) is 17.2 Å². The van der Waals surface area contributed by atoms with Gasteiger partial charge in [-0.1, -0.05) is 35.4 Å². The summed E-state index contributed by atoms with van der Waals surface area (Å²) in [5.41, 5.74) is 3.62. The van der Waals surface area contributed by atoms with Crippen molar-refractivity contribution in [3.63, 3.8) is 0 Å². The van der Waals surface area contributed by atoms with Crippen LogP contribution < -0.4 is 9.64 Å². The number of hydrogen-bond donors (Lipinski definition) is 2. The Bertz CT molecular complexity index is 2700. The molecule has 5 aromatic rings. The van der Waals surface area contributed by atoms with Crippen molar-refractivity contribution in [1.82, 2.24) is 14.7 Å². The van der Waals surface area contributed by atoms with Crippen molar-refractivity contribution in [3.8, 4) is 27.8 Å². The van der Waals surface area contributed by atoms with E-state index in [2.05, 4.69) is 0 Å². The van der Waals surface area contributed by atoms with Gasteiger partial charge in [0, 0.05) is 47.3 Å². The molecule has 6 atom stereocenters. The van der Waals surface area contributed by atoms with Gasteiger partial charge in [-0.05, 0) is 110 Å². The molecule has 0 radical (unpaired) electrons. The normalized spacial score (nSPS) is 26.3. The van der Waals surface area contributed by atoms with Crippen LogP contribution in [-0.2, 0) is 39.1 Å². The minimum absolute atomic E-state index is 0.0821. The second-order valence-electron chi connectivity index (χ2n) is 16.4. The number of phenols is 2. The SMILES string of the molecule is Cc1c(-c2cc(N3C(=O)C4CC5C(=CCC6C(=O)N(CCc7ccc(O)cc7)C(=O)C65)C(C5=COc6ccc(O)cc6C5)C4(C)C3=O)n(C)n2)sc2ccc(Cl)cc12. The van der Waals surface area contributed by atoms with Crippen LogP contribution in [0.25, 0.3) is 20.7 Å². The first-order valence-corrected chi connectivity index (χ1v) is 20.6. The maximum atomic E-state index is 15.3. The zero-order chi connectivity index (χ0) is 40.4. The number of allylic oxidation sites excluding steroid dienone is 3. The number of aromatic nitrogens is 2. The Morgan fingerprint density at radius 3 is 2.52 bits per heavy atom. The molecule has 2 saturated heterocycles. The van der Waals surface area contributed by atoms with Crippen molar-refractivity contribution in [2.24, 2.45) is 42.1 Å². The smallest absolute Gasteiger partial charge is 0.242 e. The van der Waals surface area contributed by atoms with E-state index in [4.69, 9.17) is 21.4 Å². The summed E-state index contributed by atoms with van der Waals surface area (Å²) in [6.45, 7) is 4.06. The highest BCUT2D eigenvalue weighted by Gasteiger charge is 2.68. The number of carbonyl (C=O) groups is 4. The van der Waals surface area contributed by atoms with Crippen molar-refractivity contribution in [1.29, 1.82) is 0 Å². The zero-order valence-corrected chi connectivity index (χ0v) is 33.5. The first-order chi connectivity index (χ1) is 27.8. The summed E-state index contributed by atoms with van der Waals surface area (Å²) in [4.78, 5) is 62.2. The molecular formula is C45H39ClN4O7S. The molecule has 13 heteroatoms. The fourth-order valence-corrected chi connectivity index (χ4v) is 11.8. The van der Waals surface area contributed by atoms with Crippen LogP contribution in [0.15, 0.2) is 90.2 Å². The second-order valence-corrected chi connectivity index (χ2v) is 17.9. The number of carbonyl (C=O) groups excluding carboxylic acids is 4. The number of aryl methyl sites for hydroxylation is 2. The lowest BCUT2D eigenvalue weighted by Gasteiger charge is -2.49. The molecule has 3 fully saturated rings. The molecule has 0 spiro atoms. The highest BCUT2D eigenvalue weighted by Crippen LogP contribution is 2.63. The Morgan fingerprint density at radius 2 is 1.72 bits per heavy atom. The average Bonchev–Trinajstić information content (AvgIpc) is 3.87. The van der Waals surface area contributed by atoms with Crippen LogP contribution in [0, 0.1) is 41.9 Å². The number of thiophene rings is 1. The van der Waals surface area contributed by atoms with Gasteiger partial charge in [-0.2, -0.15) is 5.10 Å². The molecule has 3 aromatic carbocycles. The second kappa shape index (κ2) is 13.2. The van der Waals surface area contributed by atoms with Gasteiger partial charge in [0.2, 0.25) is 23.6 Å². The average molecular weight is 815 g/mol. The first kappa shape index (κ1) is 36.6. The molecule has 2 aromatic heterocycles. The third-order valence-electron chi connectivity index (χ3n) is 13.3. The molecular weight excluding hydrogens is 776 g/mol. The van der Waals surface area contributed by atoms with Crippen LogP contribution in [-0.4, -0.2) is 55.1 Å². The topological polar surface area (TPSA) is 142 Å². The number of fused-ring (bicyclic) bond motifs is 6. The Hall–Kier alpha value is -5.72. The van der Waals surface area contributed by atoms with Gasteiger partial charge in [0.15, 0.2) is 0 Å². The number of hydrogen-bond acceptors (Lipinski definition) is 9. The van der Waals surface area contributed by atoms with Crippen molar-refractivity contribution in [2.45, 2.75) is 39.5 Å². The quantitative estimate of drug-likeness (QED) is 0.133. The van der Waals surface area contributed by atoms with Gasteiger partial charge >= 0.3 is 0 Å². The van der Waals surface area contributed by atoms with E-state index < -0.39 is 35.0 Å². The maximum Gasteiger partial charge on any atom is 0.242 e. The third-order valence-corrected chi connectivity index (χ3v) is 14.8. The molecule has 10 rings (SSSR count). The molecule has 11 nitrogen and oxygen atoms in total. The molecule has 6 unspecified atom stereocenters. The lowest BCUT2D eigenvalue weighted by Crippen LogP contribution is -2.51. The number of likely N-dealkylation sites (tertiary alicyclic amines) is 1. The predicted octanol–water partition coefficient (Wildman–Crippen LogP) is 7.50. The van der Waals surface area contributed by atoms with Crippen LogP contribution in [0.4, 0.5) is 5.82 Å². The van der Waals surface area contributed by atoms with Gasteiger partial charge in [0.1, 0.15) is 28.8 Å². The highest BCUT2D eigenvalue weighted by molar-refractivity contribution is 7.22. The molecule has 58 heavy (non-hydrogen) atoms. The third kappa shape index (κ3) is 5.34. The monoisotopic (exact) mass is 814 g/mol. The molecule has 294 valence electrons. The zero-order valence-electron chi connectivity index (χ0n) is 31.9. The fraction of sp³-hybridized carbons (Fsp3) is 0.311. The minimum atomic E-state index is -1.27. The molecule has 5 aliphatic rings. The number of aromatic hydroxyl groups is 2. The van der Waals surface area contributed by atoms with Crippen molar-refractivity contribution < 1.29 is 34.1 Å². The van der Waals surface area contributed by atoms with Gasteiger partial charge in [-0.25, -0.2) is 4.90 Å². The lowest BCUT2D eigenvalue weighted by atomic mass is 9.51. The number of nitrogens with zero attached hydrogens (tertiary/aromatic N) is 4. The standard InChI is InChI=1S/C45H39ClN4O7S/c1-22-31-18-26(46)6-13-36(31)58-40(22)34-20-37(48(3)47-34)50-42(54)33-19-32-29(39(45(33,2)44(50)56)25-16-24-17-28(52)9-12-35(24)57-21-25)10-11-30-38(32)43(55)49(41(30)53)15-14-23-4-7-27(51)8-5-23/h4-10,12-13,17-18,20-21,30,32-33,38-39,51-52H,11,14-16,19H2,1-3H3. The highest BCUT2D eigenvalue weighted by atomic mass is 35.5. The van der Waals surface area contributed by atoms with Crippen molar-refractivity contribution in [3.05, 3.63) is 112 Å². The number of ether oxygens (including phenoxy) is 1. The van der Waals surface area contributed by atoms with E-state index in [1.807, 2.05) is 38.1 Å². The number of rotatable bonds is 6. The van der Waals surface area contributed by atoms with E-state index >= 15 is 4.79 Å². The maximum absolute atomic E-state index is 15.3. The largest absolute Gasteiger partial charge is 0.508 e. The molecule has 0 bridgehead atoms. The van der Waals surface area contributed by atoms with E-state index in [1.165, 1.54) is 9.80 Å². The van der Waals surface area contributed by atoms with E-state index in [0.29, 0.717) is 41.5 Å². The molecule has 3 aliphatic heterocycles. The summed E-state index contributed by atoms with van der Waals surface area (Å²) in [6.07, 6.45) is 5.03. The molecule has 2 aliphatic carbocycles. The number of anilines is 1. The number of benzene rings is 3. The Kier molecular flexibility index (Phi) is 8.30. The summed E-state index contributed by atoms with van der Waals surface area (Å²) < 4.78 is 8.78. The van der Waals surface area contributed by atoms with Crippen LogP contribution in [0.2, 0.25) is 5.02 Å². The number of amides is 4. The van der Waals surface area contributed by atoms with Gasteiger partial charge in [-0.15, -0.1) is 11.3 Å². The molecule has 1 saturated carbocycles. The van der Waals surface area contributed by atoms with Crippen LogP contribution in [0.3, 0.4) is 0 Å². The summed E-state index contributed by atoms with van der Waals surface area (Å²) >= 11 is 7.90. The van der Waals surface area contributed by atoms with Crippen molar-refractivity contribution in [2.75, 3.05) is 11.4 Å². The summed E-state index contributed by atoms with van der Waals surface area (Å²) in [5, 5.41) is 26.6. The van der Waals surface area contributed by atoms with E-state index in [-0.39, 0.29) is 48.1 Å². The summed E-state index contributed by atoms with van der Waals surface area (Å²) in [7, 11) is 1.73. The first-order valence-electron chi connectivity index (χ1n) is 19.5. The van der Waals surface area contributed by atoms with E-state index in [1.54, 1.807) is 77.9 Å². The molecule has 2 N–H and O–H groups in total. The molecule has 5 heterocycles. The fourth-order valence-electron chi connectivity index (χ4n) is 10.5. The number of imide groups is 2. The Balaban J connectivity index is 1.04. The van der Waals surface area contributed by atoms with Crippen LogP contribution in [0.1, 0.15) is 36.5 Å². The number of phenolic OH excluding ortho intramolecular Hbond substituents is 2. The van der Waals surface area contributed by atoms with Gasteiger partial charge < -0.3 is 14.9 Å². The molecule has 4 amide bonds. The Labute approximate surface area is 342 Å². The minimum Gasteiger partial charge on any atom is -0.508 e. The number of halogens is 1. The predicted molar refractivity (Wildman–Crippen MR) is 218 cm³/mol. The van der Waals surface area contributed by atoms with Gasteiger partial charge in [0.05, 0.1) is 34.3 Å².